The molecule has 0 saturated carbocycles. The highest BCUT2D eigenvalue weighted by molar-refractivity contribution is 7.99. The van der Waals surface area contributed by atoms with E-state index in [4.69, 9.17) is 4.74 Å². The fourth-order valence-electron chi connectivity index (χ4n) is 3.88. The molecule has 25 heavy (non-hydrogen) atoms. The summed E-state index contributed by atoms with van der Waals surface area (Å²) in [4.78, 5) is 25.4. The van der Waals surface area contributed by atoms with Gasteiger partial charge in [-0.1, -0.05) is 32.0 Å². The summed E-state index contributed by atoms with van der Waals surface area (Å²) < 4.78 is 5.80. The summed E-state index contributed by atoms with van der Waals surface area (Å²) in [7, 11) is 0. The second-order valence-corrected chi connectivity index (χ2v) is 8.73. The third kappa shape index (κ3) is 3.15. The first kappa shape index (κ1) is 18.2. The highest BCUT2D eigenvalue weighted by Gasteiger charge is 2.59. The molecule has 0 bridgehead atoms. The number of β-lactam (4-membered cyclic amide) rings is 1. The molecule has 4 atom stereocenters. The van der Waals surface area contributed by atoms with Crippen LogP contribution in [0.3, 0.4) is 0 Å². The maximum atomic E-state index is 12.7. The van der Waals surface area contributed by atoms with Crippen LogP contribution in [0, 0.1) is 22.0 Å². The summed E-state index contributed by atoms with van der Waals surface area (Å²) in [6.45, 7) is 8.69. The zero-order chi connectivity index (χ0) is 18.4. The molecule has 2 fully saturated rings. The first-order valence-electron chi connectivity index (χ1n) is 8.55. The molecule has 136 valence electrons. The van der Waals surface area contributed by atoms with Crippen LogP contribution in [-0.2, 0) is 15.3 Å². The maximum Gasteiger partial charge on any atom is 0.273 e. The van der Waals surface area contributed by atoms with Crippen LogP contribution in [0.1, 0.15) is 33.3 Å². The van der Waals surface area contributed by atoms with Crippen molar-refractivity contribution in [2.45, 2.75) is 50.5 Å². The number of carbonyl (C=O) groups is 1. The van der Waals surface area contributed by atoms with E-state index < -0.39 is 5.72 Å². The molecule has 2 saturated heterocycles. The third-order valence-electron chi connectivity index (χ3n) is 5.25. The van der Waals surface area contributed by atoms with Crippen LogP contribution < -0.4 is 0 Å². The topological polar surface area (TPSA) is 72.7 Å². The van der Waals surface area contributed by atoms with E-state index in [1.54, 1.807) is 23.9 Å². The molecule has 7 heteroatoms. The molecule has 3 rings (SSSR count). The van der Waals surface area contributed by atoms with Gasteiger partial charge in [0.2, 0.25) is 5.91 Å². The lowest BCUT2D eigenvalue weighted by Gasteiger charge is -2.61. The van der Waals surface area contributed by atoms with Crippen molar-refractivity contribution in [1.82, 2.24) is 4.90 Å². The van der Waals surface area contributed by atoms with Gasteiger partial charge >= 0.3 is 0 Å². The average Bonchev–Trinajstić information content (AvgIpc) is 2.54. The van der Waals surface area contributed by atoms with Crippen molar-refractivity contribution in [2.24, 2.45) is 11.8 Å². The van der Waals surface area contributed by atoms with E-state index in [0.29, 0.717) is 23.8 Å². The summed E-state index contributed by atoms with van der Waals surface area (Å²) in [5, 5.41) is 11.2. The molecule has 4 unspecified atom stereocenters. The van der Waals surface area contributed by atoms with E-state index in [2.05, 4.69) is 13.8 Å². The normalized spacial score (nSPS) is 28.9. The molecule has 0 N–H and O–H groups in total. The van der Waals surface area contributed by atoms with E-state index in [1.165, 1.54) is 6.07 Å². The number of benzene rings is 1. The van der Waals surface area contributed by atoms with Crippen LogP contribution in [0.5, 0.6) is 0 Å². The molecule has 2 heterocycles. The standard InChI is InChI=1S/C18H24N2O4S/c1-11-9-24-18(3,4)19-16(11)15(17(19)21)12(2)25-10-13-7-5-6-8-14(13)20(22)23/h5-8,11-12,15-16H,9-10H2,1-4H3. The Labute approximate surface area is 152 Å². The number of nitro benzene ring substituents is 1. The van der Waals surface area contributed by atoms with Crippen LogP contribution in [-0.4, -0.2) is 39.4 Å². The number of hydrogen-bond donors (Lipinski definition) is 0. The largest absolute Gasteiger partial charge is 0.356 e. The molecular weight excluding hydrogens is 340 g/mol. The molecular formula is C18H24N2O4S. The summed E-state index contributed by atoms with van der Waals surface area (Å²) >= 11 is 1.61. The van der Waals surface area contributed by atoms with E-state index in [9.17, 15) is 14.9 Å². The predicted molar refractivity (Wildman–Crippen MR) is 97.2 cm³/mol. The van der Waals surface area contributed by atoms with E-state index in [0.717, 1.165) is 0 Å². The monoisotopic (exact) mass is 364 g/mol. The molecule has 0 aromatic heterocycles. The van der Waals surface area contributed by atoms with Crippen molar-refractivity contribution in [1.29, 1.82) is 0 Å². The average molecular weight is 364 g/mol. The maximum absolute atomic E-state index is 12.7. The van der Waals surface area contributed by atoms with Gasteiger partial charge in [-0.15, -0.1) is 0 Å². The molecule has 2 aliphatic rings. The quantitative estimate of drug-likeness (QED) is 0.455. The van der Waals surface area contributed by atoms with Gasteiger partial charge in [-0.2, -0.15) is 11.8 Å². The molecule has 1 amide bonds. The fraction of sp³-hybridized carbons (Fsp3) is 0.611. The number of ether oxygens (including phenoxy) is 1. The van der Waals surface area contributed by atoms with Crippen molar-refractivity contribution in [3.05, 3.63) is 39.9 Å². The number of amides is 1. The van der Waals surface area contributed by atoms with Gasteiger partial charge in [0, 0.05) is 28.6 Å². The Hall–Kier alpha value is -1.60. The molecule has 2 aliphatic heterocycles. The van der Waals surface area contributed by atoms with Crippen LogP contribution in [0.25, 0.3) is 0 Å². The van der Waals surface area contributed by atoms with Crippen LogP contribution in [0.4, 0.5) is 5.69 Å². The minimum atomic E-state index is -0.548. The number of nitro groups is 1. The van der Waals surface area contributed by atoms with Crippen molar-refractivity contribution in [3.63, 3.8) is 0 Å². The summed E-state index contributed by atoms with van der Waals surface area (Å²) in [5.74, 6) is 0.906. The highest BCUT2D eigenvalue weighted by atomic mass is 32.2. The smallest absolute Gasteiger partial charge is 0.273 e. The van der Waals surface area contributed by atoms with Crippen LogP contribution in [0.2, 0.25) is 0 Å². The second-order valence-electron chi connectivity index (χ2n) is 7.36. The molecule has 0 spiro atoms. The van der Waals surface area contributed by atoms with Gasteiger partial charge in [-0.05, 0) is 13.8 Å². The lowest BCUT2D eigenvalue weighted by Crippen LogP contribution is -2.75. The Morgan fingerprint density at radius 3 is 2.80 bits per heavy atom. The Balaban J connectivity index is 1.69. The van der Waals surface area contributed by atoms with Gasteiger partial charge in [0.05, 0.1) is 23.5 Å². The van der Waals surface area contributed by atoms with Crippen LogP contribution >= 0.6 is 11.8 Å². The first-order chi connectivity index (χ1) is 11.7. The fourth-order valence-corrected chi connectivity index (χ4v) is 5.05. The minimum Gasteiger partial charge on any atom is -0.356 e. The summed E-state index contributed by atoms with van der Waals surface area (Å²) in [6.07, 6.45) is 0. The van der Waals surface area contributed by atoms with Gasteiger partial charge < -0.3 is 9.64 Å². The number of para-hydroxylation sites is 1. The SMILES string of the molecule is CC1COC(C)(C)N2C(=O)C(C(C)SCc3ccccc3[N+](=O)[O-])C12. The highest BCUT2D eigenvalue weighted by Crippen LogP contribution is 2.46. The molecule has 1 aromatic rings. The summed E-state index contributed by atoms with van der Waals surface area (Å²) in [6, 6.07) is 6.98. The summed E-state index contributed by atoms with van der Waals surface area (Å²) in [5.41, 5.74) is 0.297. The number of rotatable bonds is 5. The number of carbonyl (C=O) groups excluding carboxylic acids is 1. The third-order valence-corrected chi connectivity index (χ3v) is 6.54. The van der Waals surface area contributed by atoms with E-state index >= 15 is 0 Å². The minimum absolute atomic E-state index is 0.0501. The molecule has 0 radical (unpaired) electrons. The van der Waals surface area contributed by atoms with E-state index in [-0.39, 0.29) is 33.7 Å². The second kappa shape index (κ2) is 6.61. The lowest BCUT2D eigenvalue weighted by molar-refractivity contribution is -0.385. The molecule has 6 nitrogen and oxygen atoms in total. The Morgan fingerprint density at radius 2 is 2.12 bits per heavy atom. The predicted octanol–water partition coefficient (Wildman–Crippen LogP) is 3.45. The van der Waals surface area contributed by atoms with Gasteiger partial charge in [0.25, 0.3) is 5.69 Å². The van der Waals surface area contributed by atoms with Crippen LogP contribution in [0.15, 0.2) is 24.3 Å². The van der Waals surface area contributed by atoms with Gasteiger partial charge in [0.15, 0.2) is 0 Å². The Kier molecular flexibility index (Phi) is 4.81. The zero-order valence-electron chi connectivity index (χ0n) is 15.0. The lowest BCUT2D eigenvalue weighted by atomic mass is 9.75. The van der Waals surface area contributed by atoms with Gasteiger partial charge in [0.1, 0.15) is 5.72 Å². The Bertz CT molecular complexity index is 693. The number of hydrogen-bond acceptors (Lipinski definition) is 5. The first-order valence-corrected chi connectivity index (χ1v) is 9.60. The number of nitrogens with zero attached hydrogens (tertiary/aromatic N) is 2. The Morgan fingerprint density at radius 1 is 1.44 bits per heavy atom. The van der Waals surface area contributed by atoms with Gasteiger partial charge in [-0.25, -0.2) is 0 Å². The number of fused-ring (bicyclic) bond motifs is 1. The van der Waals surface area contributed by atoms with E-state index in [1.807, 2.05) is 24.8 Å². The zero-order valence-corrected chi connectivity index (χ0v) is 15.8. The van der Waals surface area contributed by atoms with Gasteiger partial charge in [-0.3, -0.25) is 14.9 Å². The van der Waals surface area contributed by atoms with Crippen molar-refractivity contribution in [3.8, 4) is 0 Å². The van der Waals surface area contributed by atoms with Crippen molar-refractivity contribution in [2.75, 3.05) is 6.61 Å². The van der Waals surface area contributed by atoms with Crippen molar-refractivity contribution < 1.29 is 14.5 Å². The van der Waals surface area contributed by atoms with Crippen molar-refractivity contribution >= 4 is 23.4 Å². The molecule has 1 aromatic carbocycles. The number of thioether (sulfide) groups is 1. The molecule has 0 aliphatic carbocycles.